The van der Waals surface area contributed by atoms with Gasteiger partial charge in [0.05, 0.1) is 6.07 Å². The Hall–Kier alpha value is -0.630. The van der Waals surface area contributed by atoms with Crippen LogP contribution >= 0.6 is 0 Å². The first-order valence-corrected chi connectivity index (χ1v) is 8.08. The molecule has 1 N–H and O–H groups in total. The lowest BCUT2D eigenvalue weighted by Crippen LogP contribution is -2.57. The van der Waals surface area contributed by atoms with Crippen molar-refractivity contribution in [3.8, 4) is 6.07 Å². The molecule has 0 spiro atoms. The minimum atomic E-state index is -0.308. The van der Waals surface area contributed by atoms with E-state index in [1.54, 1.807) is 0 Å². The highest BCUT2D eigenvalue weighted by atomic mass is 15.2. The van der Waals surface area contributed by atoms with Gasteiger partial charge in [-0.2, -0.15) is 5.26 Å². The molecule has 114 valence electrons. The molecule has 2 rings (SSSR count). The third kappa shape index (κ3) is 3.94. The van der Waals surface area contributed by atoms with Gasteiger partial charge in [-0.05, 0) is 59.2 Å². The summed E-state index contributed by atoms with van der Waals surface area (Å²) in [6.45, 7) is 7.41. The van der Waals surface area contributed by atoms with Crippen LogP contribution in [0.15, 0.2) is 0 Å². The van der Waals surface area contributed by atoms with Gasteiger partial charge in [-0.1, -0.05) is 6.92 Å². The zero-order valence-electron chi connectivity index (χ0n) is 13.5. The summed E-state index contributed by atoms with van der Waals surface area (Å²) in [5.41, 5.74) is -0.308. The minimum absolute atomic E-state index is 0.308. The number of hydrogen-bond donors (Lipinski definition) is 1. The molecule has 2 fully saturated rings. The number of hydrogen-bond acceptors (Lipinski definition) is 4. The molecule has 0 aromatic rings. The van der Waals surface area contributed by atoms with Crippen molar-refractivity contribution in [1.82, 2.24) is 15.1 Å². The van der Waals surface area contributed by atoms with Crippen LogP contribution in [0.3, 0.4) is 0 Å². The van der Waals surface area contributed by atoms with Gasteiger partial charge in [-0.3, -0.25) is 10.2 Å². The smallest absolute Gasteiger partial charge is 0.122 e. The van der Waals surface area contributed by atoms with Crippen LogP contribution in [0.1, 0.15) is 39.5 Å². The van der Waals surface area contributed by atoms with Crippen molar-refractivity contribution in [3.63, 3.8) is 0 Å². The first kappa shape index (κ1) is 15.8. The minimum Gasteiger partial charge on any atom is -0.308 e. The molecular formula is C16H30N4. The topological polar surface area (TPSA) is 42.3 Å². The second-order valence-electron chi connectivity index (χ2n) is 6.95. The fourth-order valence-corrected chi connectivity index (χ4v) is 3.16. The Kier molecular flexibility index (Phi) is 5.06. The van der Waals surface area contributed by atoms with E-state index in [2.05, 4.69) is 49.1 Å². The Balaban J connectivity index is 2.02. The fourth-order valence-electron chi connectivity index (χ4n) is 3.16. The van der Waals surface area contributed by atoms with Gasteiger partial charge in [-0.15, -0.1) is 0 Å². The predicted octanol–water partition coefficient (Wildman–Crippen LogP) is 1.68. The Labute approximate surface area is 124 Å². The third-order valence-corrected chi connectivity index (χ3v) is 4.62. The SMILES string of the molecule is CCN(CC(C#N)(NC1CC1)C1CC1)C(C)CN(C)C. The Morgan fingerprint density at radius 3 is 2.35 bits per heavy atom. The number of likely N-dealkylation sites (N-methyl/N-ethyl adjacent to an activating group) is 2. The summed E-state index contributed by atoms with van der Waals surface area (Å²) < 4.78 is 0. The van der Waals surface area contributed by atoms with Crippen molar-refractivity contribution >= 4 is 0 Å². The molecule has 0 aliphatic heterocycles. The average molecular weight is 278 g/mol. The van der Waals surface area contributed by atoms with E-state index in [0.717, 1.165) is 19.6 Å². The number of nitrogens with one attached hydrogen (secondary N) is 1. The molecule has 0 aromatic carbocycles. The highest BCUT2D eigenvalue weighted by Gasteiger charge is 2.49. The van der Waals surface area contributed by atoms with E-state index in [0.29, 0.717) is 18.0 Å². The summed E-state index contributed by atoms with van der Waals surface area (Å²) in [6, 6.07) is 3.74. The first-order valence-electron chi connectivity index (χ1n) is 8.08. The molecule has 2 atom stereocenters. The van der Waals surface area contributed by atoms with Crippen LogP contribution in [0.5, 0.6) is 0 Å². The van der Waals surface area contributed by atoms with Gasteiger partial charge in [0, 0.05) is 25.2 Å². The van der Waals surface area contributed by atoms with Crippen LogP contribution in [0.25, 0.3) is 0 Å². The van der Waals surface area contributed by atoms with Gasteiger partial charge >= 0.3 is 0 Å². The zero-order valence-corrected chi connectivity index (χ0v) is 13.5. The highest BCUT2D eigenvalue weighted by molar-refractivity contribution is 5.18. The summed E-state index contributed by atoms with van der Waals surface area (Å²) in [5, 5.41) is 13.5. The maximum absolute atomic E-state index is 9.82. The molecular weight excluding hydrogens is 248 g/mol. The molecule has 0 heterocycles. The molecule has 2 aliphatic rings. The van der Waals surface area contributed by atoms with E-state index in [-0.39, 0.29) is 5.54 Å². The third-order valence-electron chi connectivity index (χ3n) is 4.62. The second kappa shape index (κ2) is 6.43. The lowest BCUT2D eigenvalue weighted by Gasteiger charge is -2.38. The quantitative estimate of drug-likeness (QED) is 0.697. The molecule has 0 saturated heterocycles. The van der Waals surface area contributed by atoms with Crippen molar-refractivity contribution in [3.05, 3.63) is 0 Å². The molecule has 2 aliphatic carbocycles. The van der Waals surface area contributed by atoms with E-state index in [9.17, 15) is 5.26 Å². The number of nitriles is 1. The van der Waals surface area contributed by atoms with Crippen LogP contribution in [-0.2, 0) is 0 Å². The van der Waals surface area contributed by atoms with Gasteiger partial charge in [0.25, 0.3) is 0 Å². The molecule has 0 amide bonds. The summed E-state index contributed by atoms with van der Waals surface area (Å²) in [6.07, 6.45) is 4.92. The van der Waals surface area contributed by atoms with Crippen molar-refractivity contribution in [2.24, 2.45) is 5.92 Å². The summed E-state index contributed by atoms with van der Waals surface area (Å²) in [7, 11) is 4.23. The molecule has 4 heteroatoms. The molecule has 20 heavy (non-hydrogen) atoms. The summed E-state index contributed by atoms with van der Waals surface area (Å²) in [5.74, 6) is 0.564. The maximum Gasteiger partial charge on any atom is 0.122 e. The van der Waals surface area contributed by atoms with Crippen molar-refractivity contribution in [2.75, 3.05) is 33.7 Å². The standard InChI is InChI=1S/C16H30N4/c1-5-20(13(2)10-19(3)4)12-16(11-17,14-6-7-14)18-15-8-9-15/h13-15,18H,5-10,12H2,1-4H3. The van der Waals surface area contributed by atoms with Crippen molar-refractivity contribution in [1.29, 1.82) is 5.26 Å². The Bertz CT molecular complexity index is 354. The molecule has 2 unspecified atom stereocenters. The molecule has 4 nitrogen and oxygen atoms in total. The average Bonchev–Trinajstić information content (AvgIpc) is 3.26. The van der Waals surface area contributed by atoms with Crippen LogP contribution in [0.4, 0.5) is 0 Å². The monoisotopic (exact) mass is 278 g/mol. The van der Waals surface area contributed by atoms with E-state index in [1.807, 2.05) is 0 Å². The van der Waals surface area contributed by atoms with Crippen molar-refractivity contribution in [2.45, 2.75) is 57.2 Å². The van der Waals surface area contributed by atoms with Gasteiger partial charge in [-0.25, -0.2) is 0 Å². The van der Waals surface area contributed by atoms with Crippen LogP contribution in [0, 0.1) is 17.2 Å². The van der Waals surface area contributed by atoms with Gasteiger partial charge in [0.1, 0.15) is 5.54 Å². The largest absolute Gasteiger partial charge is 0.308 e. The molecule has 2 saturated carbocycles. The fraction of sp³-hybridized carbons (Fsp3) is 0.938. The number of rotatable bonds is 9. The van der Waals surface area contributed by atoms with E-state index < -0.39 is 0 Å². The Morgan fingerprint density at radius 2 is 1.95 bits per heavy atom. The maximum atomic E-state index is 9.82. The lowest BCUT2D eigenvalue weighted by atomic mass is 9.93. The normalized spacial score (nSPS) is 23.6. The molecule has 0 bridgehead atoms. The van der Waals surface area contributed by atoms with E-state index >= 15 is 0 Å². The van der Waals surface area contributed by atoms with Crippen LogP contribution in [0.2, 0.25) is 0 Å². The zero-order chi connectivity index (χ0) is 14.8. The van der Waals surface area contributed by atoms with Gasteiger partial charge in [0.2, 0.25) is 0 Å². The summed E-state index contributed by atoms with van der Waals surface area (Å²) >= 11 is 0. The van der Waals surface area contributed by atoms with Gasteiger partial charge in [0.15, 0.2) is 0 Å². The summed E-state index contributed by atoms with van der Waals surface area (Å²) in [4.78, 5) is 4.70. The Morgan fingerprint density at radius 1 is 1.30 bits per heavy atom. The molecule has 0 aromatic heterocycles. The van der Waals surface area contributed by atoms with Crippen LogP contribution in [-0.4, -0.2) is 61.2 Å². The van der Waals surface area contributed by atoms with E-state index in [4.69, 9.17) is 0 Å². The molecule has 0 radical (unpaired) electrons. The lowest BCUT2D eigenvalue weighted by molar-refractivity contribution is 0.137. The van der Waals surface area contributed by atoms with Crippen molar-refractivity contribution < 1.29 is 0 Å². The predicted molar refractivity (Wildman–Crippen MR) is 82.5 cm³/mol. The first-order chi connectivity index (χ1) is 9.50. The second-order valence-corrected chi connectivity index (χ2v) is 6.95. The van der Waals surface area contributed by atoms with Gasteiger partial charge < -0.3 is 4.90 Å². The number of nitrogens with zero attached hydrogens (tertiary/aromatic N) is 3. The van der Waals surface area contributed by atoms with Crippen LogP contribution < -0.4 is 5.32 Å². The van der Waals surface area contributed by atoms with E-state index in [1.165, 1.54) is 25.7 Å². The highest BCUT2D eigenvalue weighted by Crippen LogP contribution is 2.42.